The number of nitrogens with one attached hydrogen (secondary N) is 1. The molecule has 15 heavy (non-hydrogen) atoms. The molecule has 1 aliphatic heterocycles. The van der Waals surface area contributed by atoms with Gasteiger partial charge in [0.05, 0.1) is 0 Å². The van der Waals surface area contributed by atoms with E-state index in [0.29, 0.717) is 0 Å². The summed E-state index contributed by atoms with van der Waals surface area (Å²) in [6.45, 7) is 9.68. The average Bonchev–Trinajstić information content (AvgIpc) is 3.02. The summed E-state index contributed by atoms with van der Waals surface area (Å²) in [6.07, 6.45) is 2.92. The van der Waals surface area contributed by atoms with Crippen molar-refractivity contribution in [3.05, 3.63) is 0 Å². The third-order valence-electron chi connectivity index (χ3n) is 3.72. The minimum Gasteiger partial charge on any atom is -0.315 e. The average molecular weight is 228 g/mol. The van der Waals surface area contributed by atoms with Gasteiger partial charge in [-0.15, -0.1) is 0 Å². The Hall–Kier alpha value is 0.270. The summed E-state index contributed by atoms with van der Waals surface area (Å²) in [7, 11) is 0. The molecule has 2 atom stereocenters. The molecular weight excluding hydrogens is 204 g/mol. The molecule has 1 saturated heterocycles. The lowest BCUT2D eigenvalue weighted by Gasteiger charge is -2.37. The molecule has 0 spiro atoms. The van der Waals surface area contributed by atoms with E-state index in [0.717, 1.165) is 17.2 Å². The third kappa shape index (κ3) is 3.65. The van der Waals surface area contributed by atoms with Gasteiger partial charge in [0.15, 0.2) is 0 Å². The Bertz CT molecular complexity index is 194. The quantitative estimate of drug-likeness (QED) is 0.723. The number of rotatable bonds is 5. The summed E-state index contributed by atoms with van der Waals surface area (Å²) in [5.74, 6) is 2.33. The first-order chi connectivity index (χ1) is 7.27. The molecule has 0 radical (unpaired) electrons. The Balaban J connectivity index is 1.59. The summed E-state index contributed by atoms with van der Waals surface area (Å²) in [5.41, 5.74) is 0. The van der Waals surface area contributed by atoms with E-state index in [1.54, 1.807) is 0 Å². The molecule has 1 aliphatic carbocycles. The van der Waals surface area contributed by atoms with Gasteiger partial charge in [0.1, 0.15) is 0 Å². The maximum Gasteiger partial charge on any atom is 0.0184 e. The van der Waals surface area contributed by atoms with Crippen LogP contribution in [0.1, 0.15) is 26.7 Å². The summed E-state index contributed by atoms with van der Waals surface area (Å²) < 4.78 is 0. The van der Waals surface area contributed by atoms with Crippen molar-refractivity contribution in [3.8, 4) is 0 Å². The second-order valence-electron chi connectivity index (χ2n) is 5.00. The second-order valence-corrected chi connectivity index (χ2v) is 6.49. The first-order valence-corrected chi connectivity index (χ1v) is 7.38. The Labute approximate surface area is 98.2 Å². The normalized spacial score (nSPS) is 33.2. The molecule has 2 fully saturated rings. The summed E-state index contributed by atoms with van der Waals surface area (Å²) in [5, 5.41) is 4.39. The maximum atomic E-state index is 3.58. The van der Waals surface area contributed by atoms with Gasteiger partial charge in [-0.1, -0.05) is 6.92 Å². The predicted octanol–water partition coefficient (Wildman–Crippen LogP) is 1.81. The van der Waals surface area contributed by atoms with Gasteiger partial charge >= 0.3 is 0 Å². The van der Waals surface area contributed by atoms with Crippen LogP contribution in [0.15, 0.2) is 0 Å². The Morgan fingerprint density at radius 1 is 1.33 bits per heavy atom. The fraction of sp³-hybridized carbons (Fsp3) is 1.00. The van der Waals surface area contributed by atoms with E-state index in [2.05, 4.69) is 35.8 Å². The minimum absolute atomic E-state index is 0.756. The van der Waals surface area contributed by atoms with E-state index in [1.165, 1.54) is 44.8 Å². The Morgan fingerprint density at radius 2 is 2.13 bits per heavy atom. The van der Waals surface area contributed by atoms with Crippen molar-refractivity contribution >= 4 is 11.8 Å². The Morgan fingerprint density at radius 3 is 2.87 bits per heavy atom. The highest BCUT2D eigenvalue weighted by atomic mass is 32.2. The van der Waals surface area contributed by atoms with Crippen LogP contribution < -0.4 is 5.32 Å². The van der Waals surface area contributed by atoms with E-state index in [1.807, 2.05) is 0 Å². The molecule has 0 aromatic heterocycles. The zero-order valence-corrected chi connectivity index (χ0v) is 10.9. The highest BCUT2D eigenvalue weighted by molar-refractivity contribution is 8.00. The van der Waals surface area contributed by atoms with E-state index < -0.39 is 0 Å². The van der Waals surface area contributed by atoms with Crippen LogP contribution in [0.3, 0.4) is 0 Å². The van der Waals surface area contributed by atoms with Gasteiger partial charge in [0.2, 0.25) is 0 Å². The third-order valence-corrected chi connectivity index (χ3v) is 5.06. The van der Waals surface area contributed by atoms with E-state index >= 15 is 0 Å². The van der Waals surface area contributed by atoms with Gasteiger partial charge < -0.3 is 5.32 Å². The molecule has 1 saturated carbocycles. The number of hydrogen-bond acceptors (Lipinski definition) is 3. The molecule has 1 heterocycles. The van der Waals surface area contributed by atoms with Gasteiger partial charge in [0, 0.05) is 36.7 Å². The van der Waals surface area contributed by atoms with E-state index in [-0.39, 0.29) is 0 Å². The maximum absolute atomic E-state index is 3.58. The van der Waals surface area contributed by atoms with Crippen LogP contribution in [-0.2, 0) is 0 Å². The molecule has 0 amide bonds. The van der Waals surface area contributed by atoms with Crippen molar-refractivity contribution in [2.24, 2.45) is 5.92 Å². The molecule has 2 unspecified atom stereocenters. The van der Waals surface area contributed by atoms with Crippen molar-refractivity contribution in [1.29, 1.82) is 0 Å². The lowest BCUT2D eigenvalue weighted by Crippen LogP contribution is -2.47. The lowest BCUT2D eigenvalue weighted by atomic mass is 10.2. The molecule has 88 valence electrons. The van der Waals surface area contributed by atoms with E-state index in [4.69, 9.17) is 0 Å². The number of thioether (sulfide) groups is 1. The van der Waals surface area contributed by atoms with Crippen LogP contribution in [-0.4, -0.2) is 48.1 Å². The first kappa shape index (κ1) is 11.7. The minimum atomic E-state index is 0.756. The Kier molecular flexibility index (Phi) is 4.35. The molecule has 2 aliphatic rings. The smallest absolute Gasteiger partial charge is 0.0184 e. The molecule has 0 bridgehead atoms. The van der Waals surface area contributed by atoms with Crippen molar-refractivity contribution in [2.75, 3.05) is 31.9 Å². The van der Waals surface area contributed by atoms with Gasteiger partial charge in [0.25, 0.3) is 0 Å². The lowest BCUT2D eigenvalue weighted by molar-refractivity contribution is 0.213. The van der Waals surface area contributed by atoms with Crippen LogP contribution >= 0.6 is 11.8 Å². The number of nitrogens with zero attached hydrogens (tertiary/aromatic N) is 1. The first-order valence-electron chi connectivity index (χ1n) is 6.33. The molecular formula is C12H24N2S. The van der Waals surface area contributed by atoms with Crippen LogP contribution in [0.2, 0.25) is 0 Å². The summed E-state index contributed by atoms with van der Waals surface area (Å²) in [6, 6.07) is 0.756. The van der Waals surface area contributed by atoms with Gasteiger partial charge in [-0.3, -0.25) is 4.90 Å². The summed E-state index contributed by atoms with van der Waals surface area (Å²) in [4.78, 5) is 2.64. The van der Waals surface area contributed by atoms with Crippen LogP contribution in [0, 0.1) is 5.92 Å². The molecule has 3 heteroatoms. The second kappa shape index (κ2) is 5.55. The molecule has 0 aromatic rings. The standard InChI is InChI=1S/C12H24N2S/c1-10-11(2)15-8-7-14(10)6-5-13-9-12-3-4-12/h10-13H,3-9H2,1-2H3. The number of hydrogen-bond donors (Lipinski definition) is 1. The molecule has 0 aromatic carbocycles. The van der Waals surface area contributed by atoms with Crippen molar-refractivity contribution in [1.82, 2.24) is 10.2 Å². The van der Waals surface area contributed by atoms with Crippen molar-refractivity contribution in [3.63, 3.8) is 0 Å². The van der Waals surface area contributed by atoms with Crippen LogP contribution in [0.4, 0.5) is 0 Å². The fourth-order valence-electron chi connectivity index (χ4n) is 2.16. The zero-order valence-electron chi connectivity index (χ0n) is 10.0. The summed E-state index contributed by atoms with van der Waals surface area (Å²) >= 11 is 2.12. The van der Waals surface area contributed by atoms with Crippen molar-refractivity contribution < 1.29 is 0 Å². The van der Waals surface area contributed by atoms with Crippen LogP contribution in [0.5, 0.6) is 0 Å². The SMILES string of the molecule is CC1SCCN(CCNCC2CC2)C1C. The van der Waals surface area contributed by atoms with Gasteiger partial charge in [-0.2, -0.15) is 11.8 Å². The monoisotopic (exact) mass is 228 g/mol. The largest absolute Gasteiger partial charge is 0.315 e. The highest BCUT2D eigenvalue weighted by Gasteiger charge is 2.25. The topological polar surface area (TPSA) is 15.3 Å². The molecule has 2 rings (SSSR count). The fourth-order valence-corrected chi connectivity index (χ4v) is 3.32. The van der Waals surface area contributed by atoms with Crippen molar-refractivity contribution in [2.45, 2.75) is 38.0 Å². The zero-order chi connectivity index (χ0) is 10.7. The van der Waals surface area contributed by atoms with E-state index in [9.17, 15) is 0 Å². The van der Waals surface area contributed by atoms with Gasteiger partial charge in [-0.05, 0) is 32.2 Å². The molecule has 1 N–H and O–H groups in total. The predicted molar refractivity (Wildman–Crippen MR) is 68.5 cm³/mol. The van der Waals surface area contributed by atoms with Gasteiger partial charge in [-0.25, -0.2) is 0 Å². The van der Waals surface area contributed by atoms with Crippen LogP contribution in [0.25, 0.3) is 0 Å². The molecule has 2 nitrogen and oxygen atoms in total. The highest BCUT2D eigenvalue weighted by Crippen LogP contribution is 2.27.